The van der Waals surface area contributed by atoms with Crippen LogP contribution < -0.4 is 15.8 Å². The predicted molar refractivity (Wildman–Crippen MR) is 95.6 cm³/mol. The van der Waals surface area contributed by atoms with Crippen LogP contribution in [0.5, 0.6) is 5.75 Å². The van der Waals surface area contributed by atoms with Gasteiger partial charge in [0.1, 0.15) is 5.75 Å². The number of ether oxygens (including phenoxy) is 1. The molecule has 23 heavy (non-hydrogen) atoms. The molecule has 0 aliphatic rings. The van der Waals surface area contributed by atoms with E-state index in [-0.39, 0.29) is 23.5 Å². The fourth-order valence-electron chi connectivity index (χ4n) is 2.19. The fraction of sp³-hybridized carbons (Fsp3) is 0.632. The first-order valence-corrected chi connectivity index (χ1v) is 8.41. The predicted octanol–water partition coefficient (Wildman–Crippen LogP) is 3.28. The highest BCUT2D eigenvalue weighted by Crippen LogP contribution is 2.18. The first kappa shape index (κ1) is 19.5. The average molecular weight is 320 g/mol. The summed E-state index contributed by atoms with van der Waals surface area (Å²) in [6.45, 7) is 12.0. The molecule has 4 heteroatoms. The summed E-state index contributed by atoms with van der Waals surface area (Å²) in [5.74, 6) is 0.812. The Morgan fingerprint density at radius 2 is 1.74 bits per heavy atom. The van der Waals surface area contributed by atoms with Crippen molar-refractivity contribution < 1.29 is 9.53 Å². The van der Waals surface area contributed by atoms with E-state index in [1.165, 1.54) is 5.56 Å². The molecule has 0 aromatic heterocycles. The third kappa shape index (κ3) is 7.04. The van der Waals surface area contributed by atoms with Crippen molar-refractivity contribution in [2.24, 2.45) is 11.1 Å². The van der Waals surface area contributed by atoms with Crippen molar-refractivity contribution in [3.8, 4) is 5.75 Å². The molecule has 0 fully saturated rings. The highest BCUT2D eigenvalue weighted by molar-refractivity contribution is 5.82. The minimum absolute atomic E-state index is 0.0781. The molecule has 0 spiro atoms. The fourth-order valence-corrected chi connectivity index (χ4v) is 2.19. The average Bonchev–Trinajstić information content (AvgIpc) is 2.44. The molecule has 130 valence electrons. The Morgan fingerprint density at radius 1 is 1.17 bits per heavy atom. The Kier molecular flexibility index (Phi) is 7.07. The van der Waals surface area contributed by atoms with Crippen LogP contribution in [0.25, 0.3) is 0 Å². The minimum atomic E-state index is -0.489. The monoisotopic (exact) mass is 320 g/mol. The van der Waals surface area contributed by atoms with E-state index in [9.17, 15) is 4.79 Å². The topological polar surface area (TPSA) is 64.3 Å². The molecule has 1 unspecified atom stereocenters. The SMILES string of the molecule is CC(CCc1ccc(OC(C)C)cc1)NC(=O)[C@@H](N)C(C)(C)C. The molecule has 2 atom stereocenters. The molecule has 1 aromatic rings. The van der Waals surface area contributed by atoms with Gasteiger partial charge in [0.2, 0.25) is 5.91 Å². The lowest BCUT2D eigenvalue weighted by Crippen LogP contribution is -2.50. The van der Waals surface area contributed by atoms with Gasteiger partial charge < -0.3 is 15.8 Å². The number of nitrogens with two attached hydrogens (primary N) is 1. The standard InChI is InChI=1S/C19H32N2O2/c1-13(2)23-16-11-9-15(10-12-16)8-7-14(3)21-18(22)17(20)19(4,5)6/h9-14,17H,7-8,20H2,1-6H3,(H,21,22)/t14?,17-/m1/s1. The largest absolute Gasteiger partial charge is 0.491 e. The van der Waals surface area contributed by atoms with Crippen LogP contribution in [0.4, 0.5) is 0 Å². The first-order chi connectivity index (χ1) is 10.6. The number of hydrogen-bond donors (Lipinski definition) is 2. The van der Waals surface area contributed by atoms with Gasteiger partial charge in [-0.25, -0.2) is 0 Å². The van der Waals surface area contributed by atoms with Gasteiger partial charge in [0.15, 0.2) is 0 Å². The lowest BCUT2D eigenvalue weighted by Gasteiger charge is -2.27. The summed E-state index contributed by atoms with van der Waals surface area (Å²) in [6.07, 6.45) is 1.98. The number of aryl methyl sites for hydroxylation is 1. The Labute approximate surface area is 140 Å². The summed E-state index contributed by atoms with van der Waals surface area (Å²) in [7, 11) is 0. The minimum Gasteiger partial charge on any atom is -0.491 e. The molecule has 1 amide bonds. The van der Waals surface area contributed by atoms with Gasteiger partial charge in [-0.05, 0) is 56.7 Å². The van der Waals surface area contributed by atoms with E-state index in [4.69, 9.17) is 10.5 Å². The summed E-state index contributed by atoms with van der Waals surface area (Å²) in [4.78, 5) is 12.1. The lowest BCUT2D eigenvalue weighted by molar-refractivity contribution is -0.125. The van der Waals surface area contributed by atoms with Crippen molar-refractivity contribution in [2.45, 2.75) is 72.6 Å². The second-order valence-corrected chi connectivity index (χ2v) is 7.60. The van der Waals surface area contributed by atoms with Crippen LogP contribution in [0.3, 0.4) is 0 Å². The smallest absolute Gasteiger partial charge is 0.237 e. The molecule has 0 saturated carbocycles. The van der Waals surface area contributed by atoms with Crippen LogP contribution >= 0.6 is 0 Å². The molecule has 1 aromatic carbocycles. The quantitative estimate of drug-likeness (QED) is 0.810. The molecule has 0 aliphatic heterocycles. The van der Waals surface area contributed by atoms with Gasteiger partial charge >= 0.3 is 0 Å². The van der Waals surface area contributed by atoms with E-state index >= 15 is 0 Å². The van der Waals surface area contributed by atoms with Crippen LogP contribution in [0, 0.1) is 5.41 Å². The first-order valence-electron chi connectivity index (χ1n) is 8.41. The van der Waals surface area contributed by atoms with Crippen molar-refractivity contribution in [2.75, 3.05) is 0 Å². The number of benzene rings is 1. The molecular formula is C19H32N2O2. The van der Waals surface area contributed by atoms with Gasteiger partial charge in [0.25, 0.3) is 0 Å². The number of amides is 1. The van der Waals surface area contributed by atoms with E-state index in [0.29, 0.717) is 0 Å². The number of carbonyl (C=O) groups is 1. The van der Waals surface area contributed by atoms with Crippen molar-refractivity contribution in [1.82, 2.24) is 5.32 Å². The third-order valence-electron chi connectivity index (χ3n) is 3.77. The zero-order valence-corrected chi connectivity index (χ0v) is 15.3. The molecule has 0 heterocycles. The highest BCUT2D eigenvalue weighted by Gasteiger charge is 2.27. The van der Waals surface area contributed by atoms with Gasteiger partial charge in [0.05, 0.1) is 12.1 Å². The maximum absolute atomic E-state index is 12.1. The van der Waals surface area contributed by atoms with Crippen LogP contribution in [0.1, 0.15) is 53.5 Å². The molecule has 3 N–H and O–H groups in total. The van der Waals surface area contributed by atoms with Gasteiger partial charge in [-0.3, -0.25) is 4.79 Å². The van der Waals surface area contributed by atoms with Gasteiger partial charge in [-0.2, -0.15) is 0 Å². The molecule has 0 aliphatic carbocycles. The molecule has 0 bridgehead atoms. The van der Waals surface area contributed by atoms with E-state index in [1.54, 1.807) is 0 Å². The Hall–Kier alpha value is -1.55. The zero-order valence-electron chi connectivity index (χ0n) is 15.3. The number of carbonyl (C=O) groups excluding carboxylic acids is 1. The Morgan fingerprint density at radius 3 is 2.22 bits per heavy atom. The maximum atomic E-state index is 12.1. The number of rotatable bonds is 7. The highest BCUT2D eigenvalue weighted by atomic mass is 16.5. The van der Waals surface area contributed by atoms with Crippen LogP contribution in [-0.2, 0) is 11.2 Å². The van der Waals surface area contributed by atoms with Crippen molar-refractivity contribution in [3.63, 3.8) is 0 Å². The van der Waals surface area contributed by atoms with E-state index in [2.05, 4.69) is 17.4 Å². The normalized spacial score (nSPS) is 14.4. The van der Waals surface area contributed by atoms with Crippen LogP contribution in [0.15, 0.2) is 24.3 Å². The van der Waals surface area contributed by atoms with E-state index in [0.717, 1.165) is 18.6 Å². The van der Waals surface area contributed by atoms with E-state index in [1.807, 2.05) is 53.7 Å². The Balaban J connectivity index is 2.44. The summed E-state index contributed by atoms with van der Waals surface area (Å²) in [5, 5.41) is 3.01. The zero-order chi connectivity index (χ0) is 17.6. The lowest BCUT2D eigenvalue weighted by atomic mass is 9.87. The van der Waals surface area contributed by atoms with Crippen molar-refractivity contribution in [1.29, 1.82) is 0 Å². The van der Waals surface area contributed by atoms with Gasteiger partial charge in [-0.15, -0.1) is 0 Å². The molecule has 0 saturated heterocycles. The number of hydrogen-bond acceptors (Lipinski definition) is 3. The summed E-state index contributed by atoms with van der Waals surface area (Å²) >= 11 is 0. The van der Waals surface area contributed by atoms with Gasteiger partial charge in [-0.1, -0.05) is 32.9 Å². The number of nitrogens with one attached hydrogen (secondary N) is 1. The second kappa shape index (κ2) is 8.34. The van der Waals surface area contributed by atoms with Gasteiger partial charge in [0, 0.05) is 6.04 Å². The maximum Gasteiger partial charge on any atom is 0.237 e. The third-order valence-corrected chi connectivity index (χ3v) is 3.77. The summed E-state index contributed by atoms with van der Waals surface area (Å²) < 4.78 is 5.63. The molecule has 4 nitrogen and oxygen atoms in total. The summed E-state index contributed by atoms with van der Waals surface area (Å²) in [5.41, 5.74) is 6.99. The van der Waals surface area contributed by atoms with Crippen LogP contribution in [-0.4, -0.2) is 24.1 Å². The second-order valence-electron chi connectivity index (χ2n) is 7.60. The summed E-state index contributed by atoms with van der Waals surface area (Å²) in [6, 6.07) is 7.75. The van der Waals surface area contributed by atoms with Crippen molar-refractivity contribution in [3.05, 3.63) is 29.8 Å². The molecular weight excluding hydrogens is 288 g/mol. The Bertz CT molecular complexity index is 489. The molecule has 0 radical (unpaired) electrons. The molecule has 1 rings (SSSR count). The van der Waals surface area contributed by atoms with Crippen molar-refractivity contribution >= 4 is 5.91 Å². The van der Waals surface area contributed by atoms with Crippen LogP contribution in [0.2, 0.25) is 0 Å². The van der Waals surface area contributed by atoms with E-state index < -0.39 is 6.04 Å².